The van der Waals surface area contributed by atoms with Crippen LogP contribution in [-0.2, 0) is 5.41 Å². The van der Waals surface area contributed by atoms with Gasteiger partial charge in [-0.1, -0.05) is 24.3 Å². The molecule has 0 saturated heterocycles. The lowest BCUT2D eigenvalue weighted by Gasteiger charge is -2.14. The lowest BCUT2D eigenvalue weighted by atomic mass is 9.93. The van der Waals surface area contributed by atoms with Gasteiger partial charge in [0.15, 0.2) is 0 Å². The highest BCUT2D eigenvalue weighted by atomic mass is 16.3. The largest absolute Gasteiger partial charge is 0.389 e. The lowest BCUT2D eigenvalue weighted by molar-refractivity contribution is 0.199. The van der Waals surface area contributed by atoms with Crippen LogP contribution in [0.5, 0.6) is 0 Å². The maximum atomic E-state index is 9.48. The van der Waals surface area contributed by atoms with Gasteiger partial charge in [0, 0.05) is 12.0 Å². The van der Waals surface area contributed by atoms with Gasteiger partial charge in [-0.05, 0) is 30.9 Å². The molecule has 2 rings (SSSR count). The first-order valence-corrected chi connectivity index (χ1v) is 5.16. The maximum Gasteiger partial charge on any atom is 0.0762 e. The second-order valence-corrected chi connectivity index (χ2v) is 4.29. The van der Waals surface area contributed by atoms with Gasteiger partial charge in [-0.2, -0.15) is 0 Å². The van der Waals surface area contributed by atoms with E-state index < -0.39 is 0 Å². The van der Waals surface area contributed by atoms with Crippen molar-refractivity contribution < 1.29 is 5.11 Å². The summed E-state index contributed by atoms with van der Waals surface area (Å²) in [4.78, 5) is 0. The molecule has 1 atom stereocenters. The Kier molecular flexibility index (Phi) is 2.33. The van der Waals surface area contributed by atoms with E-state index in [1.165, 1.54) is 18.4 Å². The second kappa shape index (κ2) is 3.37. The molecule has 76 valence electrons. The molecule has 0 amide bonds. The third kappa shape index (κ3) is 1.56. The molecule has 2 nitrogen and oxygen atoms in total. The van der Waals surface area contributed by atoms with Crippen LogP contribution in [0.1, 0.15) is 37.0 Å². The Bertz CT molecular complexity index is 329. The van der Waals surface area contributed by atoms with Gasteiger partial charge in [0.05, 0.1) is 6.10 Å². The van der Waals surface area contributed by atoms with Crippen LogP contribution in [0.25, 0.3) is 0 Å². The Morgan fingerprint density at radius 3 is 2.71 bits per heavy atom. The van der Waals surface area contributed by atoms with Crippen LogP contribution in [0.3, 0.4) is 0 Å². The second-order valence-electron chi connectivity index (χ2n) is 4.29. The van der Waals surface area contributed by atoms with Crippen molar-refractivity contribution in [1.82, 2.24) is 0 Å². The summed E-state index contributed by atoms with van der Waals surface area (Å²) in [6.07, 6.45) is 1.99. The predicted molar refractivity (Wildman–Crippen MR) is 57.0 cm³/mol. The van der Waals surface area contributed by atoms with E-state index in [1.807, 2.05) is 12.1 Å². The first kappa shape index (κ1) is 9.69. The minimum atomic E-state index is -0.386. The van der Waals surface area contributed by atoms with Gasteiger partial charge >= 0.3 is 0 Å². The van der Waals surface area contributed by atoms with Gasteiger partial charge in [0.1, 0.15) is 0 Å². The van der Waals surface area contributed by atoms with Crippen molar-refractivity contribution >= 4 is 0 Å². The SMILES string of the molecule is CC(O)c1cccc(C2(CN)CC2)c1. The van der Waals surface area contributed by atoms with Crippen molar-refractivity contribution in [3.8, 4) is 0 Å². The fraction of sp³-hybridized carbons (Fsp3) is 0.500. The van der Waals surface area contributed by atoms with Crippen molar-refractivity contribution in [1.29, 1.82) is 0 Å². The number of aliphatic hydroxyl groups excluding tert-OH is 1. The molecule has 0 spiro atoms. The van der Waals surface area contributed by atoms with Gasteiger partial charge in [-0.25, -0.2) is 0 Å². The molecule has 1 aliphatic rings. The van der Waals surface area contributed by atoms with Crippen molar-refractivity contribution in [2.75, 3.05) is 6.54 Å². The summed E-state index contributed by atoms with van der Waals surface area (Å²) in [5.74, 6) is 0. The molecule has 0 bridgehead atoms. The maximum absolute atomic E-state index is 9.48. The average Bonchev–Trinajstić information content (AvgIpc) is 2.98. The first-order valence-electron chi connectivity index (χ1n) is 5.16. The number of aliphatic hydroxyl groups is 1. The summed E-state index contributed by atoms with van der Waals surface area (Å²) in [6.45, 7) is 2.51. The van der Waals surface area contributed by atoms with Crippen molar-refractivity contribution in [3.63, 3.8) is 0 Å². The van der Waals surface area contributed by atoms with Crippen molar-refractivity contribution in [3.05, 3.63) is 35.4 Å². The summed E-state index contributed by atoms with van der Waals surface area (Å²) in [5.41, 5.74) is 8.27. The molecule has 1 saturated carbocycles. The van der Waals surface area contributed by atoms with Crippen LogP contribution in [0.2, 0.25) is 0 Å². The highest BCUT2D eigenvalue weighted by Gasteiger charge is 2.42. The van der Waals surface area contributed by atoms with Gasteiger partial charge in [0.25, 0.3) is 0 Å². The van der Waals surface area contributed by atoms with Crippen molar-refractivity contribution in [2.24, 2.45) is 5.73 Å². The zero-order valence-electron chi connectivity index (χ0n) is 8.53. The number of nitrogens with two attached hydrogens (primary N) is 1. The third-order valence-corrected chi connectivity index (χ3v) is 3.23. The van der Waals surface area contributed by atoms with E-state index in [2.05, 4.69) is 12.1 Å². The van der Waals surface area contributed by atoms with Crippen LogP contribution in [-0.4, -0.2) is 11.7 Å². The predicted octanol–water partition coefficient (Wildman–Crippen LogP) is 1.73. The minimum absolute atomic E-state index is 0.227. The number of hydrogen-bond acceptors (Lipinski definition) is 2. The van der Waals surface area contributed by atoms with Gasteiger partial charge in [-0.15, -0.1) is 0 Å². The molecule has 0 aromatic heterocycles. The smallest absolute Gasteiger partial charge is 0.0762 e. The average molecular weight is 191 g/mol. The molecule has 0 heterocycles. The number of hydrogen-bond donors (Lipinski definition) is 2. The molecule has 1 aromatic rings. The third-order valence-electron chi connectivity index (χ3n) is 3.23. The van der Waals surface area contributed by atoms with E-state index in [0.29, 0.717) is 0 Å². The lowest BCUT2D eigenvalue weighted by Crippen LogP contribution is -2.19. The standard InChI is InChI=1S/C12H17NO/c1-9(14)10-3-2-4-11(7-10)12(8-13)5-6-12/h2-4,7,9,14H,5-6,8,13H2,1H3. The highest BCUT2D eigenvalue weighted by Crippen LogP contribution is 2.47. The molecular formula is C12H17NO. The van der Waals surface area contributed by atoms with Crippen LogP contribution >= 0.6 is 0 Å². The fourth-order valence-corrected chi connectivity index (χ4v) is 1.89. The highest BCUT2D eigenvalue weighted by molar-refractivity contribution is 5.35. The van der Waals surface area contributed by atoms with E-state index in [0.717, 1.165) is 12.1 Å². The monoisotopic (exact) mass is 191 g/mol. The van der Waals surface area contributed by atoms with Gasteiger partial charge in [0.2, 0.25) is 0 Å². The molecule has 1 aliphatic carbocycles. The Morgan fingerprint density at radius 1 is 1.50 bits per heavy atom. The quantitative estimate of drug-likeness (QED) is 0.764. The zero-order chi connectivity index (χ0) is 10.2. The Balaban J connectivity index is 2.31. The van der Waals surface area contributed by atoms with E-state index in [9.17, 15) is 5.11 Å². The molecular weight excluding hydrogens is 174 g/mol. The summed E-state index contributed by atoms with van der Waals surface area (Å²) < 4.78 is 0. The molecule has 1 unspecified atom stereocenters. The van der Waals surface area contributed by atoms with E-state index in [4.69, 9.17) is 5.73 Å². The summed E-state index contributed by atoms with van der Waals surface area (Å²) in [5, 5.41) is 9.48. The number of benzene rings is 1. The van der Waals surface area contributed by atoms with E-state index >= 15 is 0 Å². The Labute approximate surface area is 84.7 Å². The molecule has 2 heteroatoms. The van der Waals surface area contributed by atoms with Crippen LogP contribution in [0, 0.1) is 0 Å². The molecule has 0 aliphatic heterocycles. The minimum Gasteiger partial charge on any atom is -0.389 e. The number of rotatable bonds is 3. The van der Waals surface area contributed by atoms with E-state index in [1.54, 1.807) is 6.92 Å². The normalized spacial score (nSPS) is 20.5. The molecule has 3 N–H and O–H groups in total. The zero-order valence-corrected chi connectivity index (χ0v) is 8.53. The van der Waals surface area contributed by atoms with Crippen molar-refractivity contribution in [2.45, 2.75) is 31.3 Å². The fourth-order valence-electron chi connectivity index (χ4n) is 1.89. The van der Waals surface area contributed by atoms with Crippen LogP contribution in [0.15, 0.2) is 24.3 Å². The summed E-state index contributed by atoms with van der Waals surface area (Å²) in [7, 11) is 0. The summed E-state index contributed by atoms with van der Waals surface area (Å²) in [6, 6.07) is 8.17. The molecule has 1 fully saturated rings. The Hall–Kier alpha value is -0.860. The summed E-state index contributed by atoms with van der Waals surface area (Å²) >= 11 is 0. The molecule has 0 radical (unpaired) electrons. The van der Waals surface area contributed by atoms with Gasteiger partial charge in [-0.3, -0.25) is 0 Å². The van der Waals surface area contributed by atoms with E-state index in [-0.39, 0.29) is 11.5 Å². The molecule has 14 heavy (non-hydrogen) atoms. The molecule has 1 aromatic carbocycles. The van der Waals surface area contributed by atoms with Crippen LogP contribution in [0.4, 0.5) is 0 Å². The Morgan fingerprint density at radius 2 is 2.21 bits per heavy atom. The topological polar surface area (TPSA) is 46.2 Å². The first-order chi connectivity index (χ1) is 6.68. The van der Waals surface area contributed by atoms with Crippen LogP contribution < -0.4 is 5.73 Å². The van der Waals surface area contributed by atoms with Gasteiger partial charge < -0.3 is 10.8 Å².